The summed E-state index contributed by atoms with van der Waals surface area (Å²) in [6.07, 6.45) is 9.96. The summed E-state index contributed by atoms with van der Waals surface area (Å²) in [5.74, 6) is 1.01. The SMILES string of the molecule is CC1CCCN(Cc2c(O)ccc3c(O)c(C=C4C=CC(=[N+]([O-])[O-])C=C4)oc23)C1. The summed E-state index contributed by atoms with van der Waals surface area (Å²) in [6, 6.07) is 3.22. The molecule has 7 heteroatoms. The molecule has 1 atom stereocenters. The zero-order chi connectivity index (χ0) is 20.5. The Hall–Kier alpha value is -3.19. The molecule has 1 aliphatic heterocycles. The summed E-state index contributed by atoms with van der Waals surface area (Å²) in [6.45, 7) is 4.71. The molecule has 29 heavy (non-hydrogen) atoms. The van der Waals surface area contributed by atoms with E-state index in [1.54, 1.807) is 30.4 Å². The third kappa shape index (κ3) is 3.86. The fraction of sp³-hybridized carbons (Fsp3) is 0.318. The standard InChI is InChI=1S/C22H23N2O5/c1-14-3-2-10-23(12-14)13-18-19(25)9-8-17-21(26)20(29-22(17)18)11-15-4-6-16(7-5-15)24(27)28/h4-9,11,14H,2-3,10,12-13H2,1H3,(H2-,25,26,27,28)/q-1. The number of rotatable bonds is 3. The van der Waals surface area contributed by atoms with Crippen LogP contribution in [0.15, 0.2) is 46.4 Å². The zero-order valence-corrected chi connectivity index (χ0v) is 16.2. The molecule has 1 fully saturated rings. The number of hydrogen-bond donors (Lipinski definition) is 2. The maximum atomic E-state index is 10.8. The van der Waals surface area contributed by atoms with Crippen LogP contribution in [0.1, 0.15) is 31.1 Å². The second-order valence-electron chi connectivity index (χ2n) is 7.73. The summed E-state index contributed by atoms with van der Waals surface area (Å²) in [7, 11) is 0. The maximum Gasteiger partial charge on any atom is 0.222 e. The quantitative estimate of drug-likeness (QED) is 0.600. The number of fused-ring (bicyclic) bond motifs is 1. The minimum atomic E-state index is -0.459. The number of nitrogens with zero attached hydrogens (tertiary/aromatic N) is 2. The number of benzene rings is 1. The summed E-state index contributed by atoms with van der Waals surface area (Å²) in [5.41, 5.74) is 1.80. The van der Waals surface area contributed by atoms with E-state index in [4.69, 9.17) is 4.42 Å². The van der Waals surface area contributed by atoms with Crippen molar-refractivity contribution in [3.63, 3.8) is 0 Å². The minimum absolute atomic E-state index is 0.000976. The van der Waals surface area contributed by atoms with Gasteiger partial charge in [-0.15, -0.1) is 0 Å². The van der Waals surface area contributed by atoms with E-state index >= 15 is 0 Å². The van der Waals surface area contributed by atoms with Crippen LogP contribution in [0.4, 0.5) is 0 Å². The molecule has 4 rings (SSSR count). The Balaban J connectivity index is 1.69. The Morgan fingerprint density at radius 1 is 1.21 bits per heavy atom. The number of phenolic OH excluding ortho intramolecular Hbond substituents is 1. The Kier molecular flexibility index (Phi) is 5.07. The van der Waals surface area contributed by atoms with Crippen molar-refractivity contribution in [1.82, 2.24) is 4.90 Å². The molecule has 1 aliphatic carbocycles. The molecular weight excluding hydrogens is 372 g/mol. The van der Waals surface area contributed by atoms with Gasteiger partial charge in [0.25, 0.3) is 0 Å². The van der Waals surface area contributed by atoms with Crippen LogP contribution in [-0.2, 0) is 6.54 Å². The maximum absolute atomic E-state index is 10.8. The average molecular weight is 395 g/mol. The molecule has 152 valence electrons. The Morgan fingerprint density at radius 3 is 2.66 bits per heavy atom. The molecule has 1 aromatic heterocycles. The lowest BCUT2D eigenvalue weighted by atomic mass is 9.99. The van der Waals surface area contributed by atoms with E-state index < -0.39 is 4.90 Å². The fourth-order valence-electron chi connectivity index (χ4n) is 3.96. The van der Waals surface area contributed by atoms with Crippen LogP contribution in [0.5, 0.6) is 11.5 Å². The lowest BCUT2D eigenvalue weighted by Crippen LogP contribution is -2.33. The van der Waals surface area contributed by atoms with Gasteiger partial charge in [-0.3, -0.25) is 4.90 Å². The highest BCUT2D eigenvalue weighted by molar-refractivity contribution is 6.03. The van der Waals surface area contributed by atoms with Crippen LogP contribution in [-0.4, -0.2) is 38.8 Å². The molecular formula is C22H23N2O5-. The Bertz CT molecular complexity index is 1040. The van der Waals surface area contributed by atoms with E-state index in [-0.39, 0.29) is 23.0 Å². The van der Waals surface area contributed by atoms with E-state index in [9.17, 15) is 20.6 Å². The van der Waals surface area contributed by atoms with E-state index in [1.807, 2.05) is 0 Å². The predicted molar refractivity (Wildman–Crippen MR) is 111 cm³/mol. The van der Waals surface area contributed by atoms with E-state index in [1.165, 1.54) is 18.6 Å². The molecule has 0 spiro atoms. The lowest BCUT2D eigenvalue weighted by molar-refractivity contribution is -0.377. The Labute approximate surface area is 168 Å². The number of piperidine rings is 1. The lowest BCUT2D eigenvalue weighted by Gasteiger charge is -2.30. The topological polar surface area (TPSA) is 106 Å². The van der Waals surface area contributed by atoms with Gasteiger partial charge < -0.3 is 25.0 Å². The van der Waals surface area contributed by atoms with Crippen molar-refractivity contribution in [2.75, 3.05) is 13.1 Å². The second-order valence-corrected chi connectivity index (χ2v) is 7.73. The van der Waals surface area contributed by atoms with Crippen LogP contribution < -0.4 is 0 Å². The molecule has 1 unspecified atom stereocenters. The molecule has 2 aromatic rings. The first-order chi connectivity index (χ1) is 13.9. The van der Waals surface area contributed by atoms with Gasteiger partial charge in [0.15, 0.2) is 11.5 Å². The monoisotopic (exact) mass is 395 g/mol. The van der Waals surface area contributed by atoms with Crippen LogP contribution in [0.2, 0.25) is 0 Å². The Morgan fingerprint density at radius 2 is 1.97 bits per heavy atom. The van der Waals surface area contributed by atoms with Gasteiger partial charge >= 0.3 is 0 Å². The summed E-state index contributed by atoms with van der Waals surface area (Å²) < 4.78 is 5.93. The minimum Gasteiger partial charge on any atom is -0.612 e. The molecule has 2 N–H and O–H groups in total. The van der Waals surface area contributed by atoms with Crippen LogP contribution >= 0.6 is 0 Å². The number of allylic oxidation sites excluding steroid dienone is 5. The first-order valence-corrected chi connectivity index (χ1v) is 9.70. The average Bonchev–Trinajstić information content (AvgIpc) is 3.00. The molecule has 2 heterocycles. The van der Waals surface area contributed by atoms with Crippen molar-refractivity contribution in [3.8, 4) is 11.5 Å². The normalized spacial score (nSPS) is 19.8. The van der Waals surface area contributed by atoms with Crippen molar-refractivity contribution in [2.45, 2.75) is 26.3 Å². The molecule has 2 aliphatic rings. The third-order valence-electron chi connectivity index (χ3n) is 5.46. The number of aromatic hydroxyl groups is 2. The highest BCUT2D eigenvalue weighted by Gasteiger charge is 2.22. The molecule has 0 saturated carbocycles. The second kappa shape index (κ2) is 7.67. The summed E-state index contributed by atoms with van der Waals surface area (Å²) in [4.78, 5) is 1.83. The van der Waals surface area contributed by atoms with Crippen molar-refractivity contribution in [3.05, 3.63) is 63.7 Å². The number of likely N-dealkylation sites (tertiary alicyclic amines) is 1. The molecule has 0 radical (unpaired) electrons. The van der Waals surface area contributed by atoms with Crippen molar-refractivity contribution < 1.29 is 19.5 Å². The van der Waals surface area contributed by atoms with Gasteiger partial charge in [0, 0.05) is 25.2 Å². The van der Waals surface area contributed by atoms with Gasteiger partial charge in [-0.05, 0) is 61.2 Å². The highest BCUT2D eigenvalue weighted by atomic mass is 16.8. The van der Waals surface area contributed by atoms with Gasteiger partial charge in [-0.1, -0.05) is 6.92 Å². The fourth-order valence-corrected chi connectivity index (χ4v) is 3.96. The molecule has 1 saturated heterocycles. The van der Waals surface area contributed by atoms with Gasteiger partial charge in [-0.2, -0.15) is 4.90 Å². The van der Waals surface area contributed by atoms with E-state index in [2.05, 4.69) is 11.8 Å². The van der Waals surface area contributed by atoms with E-state index in [0.29, 0.717) is 34.6 Å². The van der Waals surface area contributed by atoms with Gasteiger partial charge in [0.1, 0.15) is 11.3 Å². The largest absolute Gasteiger partial charge is 0.612 e. The van der Waals surface area contributed by atoms with Crippen LogP contribution in [0, 0.1) is 16.3 Å². The predicted octanol–water partition coefficient (Wildman–Crippen LogP) is 4.03. The smallest absolute Gasteiger partial charge is 0.222 e. The number of hydrogen-bond acceptors (Lipinski definition) is 6. The summed E-state index contributed by atoms with van der Waals surface area (Å²) >= 11 is 0. The number of phenols is 1. The number of furan rings is 1. The first kappa shape index (κ1) is 19.1. The van der Waals surface area contributed by atoms with Gasteiger partial charge in [0.2, 0.25) is 5.71 Å². The first-order valence-electron chi connectivity index (χ1n) is 9.70. The van der Waals surface area contributed by atoms with Gasteiger partial charge in [-0.25, -0.2) is 0 Å². The van der Waals surface area contributed by atoms with Crippen molar-refractivity contribution in [2.24, 2.45) is 5.92 Å². The molecule has 1 aromatic carbocycles. The zero-order valence-electron chi connectivity index (χ0n) is 16.2. The molecule has 0 amide bonds. The van der Waals surface area contributed by atoms with Gasteiger partial charge in [0.05, 0.1) is 10.9 Å². The highest BCUT2D eigenvalue weighted by Crippen LogP contribution is 2.39. The van der Waals surface area contributed by atoms with Crippen LogP contribution in [0.3, 0.4) is 0 Å². The van der Waals surface area contributed by atoms with Crippen LogP contribution in [0.25, 0.3) is 17.0 Å². The van der Waals surface area contributed by atoms with Crippen molar-refractivity contribution in [1.29, 1.82) is 0 Å². The third-order valence-corrected chi connectivity index (χ3v) is 5.46. The molecule has 0 bridgehead atoms. The summed E-state index contributed by atoms with van der Waals surface area (Å²) in [5, 5.41) is 43.2. The van der Waals surface area contributed by atoms with Crippen molar-refractivity contribution >= 4 is 22.8 Å². The van der Waals surface area contributed by atoms with E-state index in [0.717, 1.165) is 19.5 Å². The molecule has 7 nitrogen and oxygen atoms in total.